The molecule has 1 atom stereocenters. The maximum absolute atomic E-state index is 13.1. The number of rotatable bonds is 4. The highest BCUT2D eigenvalue weighted by Gasteiger charge is 2.37. The third kappa shape index (κ3) is 3.84. The van der Waals surface area contributed by atoms with Gasteiger partial charge in [-0.15, -0.1) is 11.8 Å². The van der Waals surface area contributed by atoms with Gasteiger partial charge in [-0.1, -0.05) is 0 Å². The van der Waals surface area contributed by atoms with Gasteiger partial charge in [0.15, 0.2) is 0 Å². The van der Waals surface area contributed by atoms with Gasteiger partial charge in [0.1, 0.15) is 11.9 Å². The van der Waals surface area contributed by atoms with E-state index in [0.717, 1.165) is 16.8 Å². The van der Waals surface area contributed by atoms with E-state index >= 15 is 0 Å². The number of aromatic nitrogens is 2. The highest BCUT2D eigenvalue weighted by Crippen LogP contribution is 2.29. The summed E-state index contributed by atoms with van der Waals surface area (Å²) in [5, 5.41) is 12.4. The third-order valence-electron chi connectivity index (χ3n) is 4.08. The van der Waals surface area contributed by atoms with E-state index in [2.05, 4.69) is 20.8 Å². The smallest absolute Gasteiger partial charge is 0.243 e. The van der Waals surface area contributed by atoms with Crippen molar-refractivity contribution in [2.75, 3.05) is 5.75 Å². The predicted molar refractivity (Wildman–Crippen MR) is 94.3 cm³/mol. The fourth-order valence-electron chi connectivity index (χ4n) is 2.49. The lowest BCUT2D eigenvalue weighted by molar-refractivity contribution is -0.129. The highest BCUT2D eigenvalue weighted by atomic mass is 32.2. The normalized spacial score (nSPS) is 19.3. The quantitative estimate of drug-likeness (QED) is 0.775. The largest absolute Gasteiger partial charge is 0.350 e. The van der Waals surface area contributed by atoms with E-state index < -0.39 is 10.8 Å². The fourth-order valence-corrected chi connectivity index (χ4v) is 3.50. The molecule has 2 amide bonds. The molecule has 1 fully saturated rings. The van der Waals surface area contributed by atoms with Gasteiger partial charge in [0.05, 0.1) is 16.6 Å². The molecule has 2 heterocycles. The minimum atomic E-state index is -0.549. The number of halogens is 1. The molecule has 1 saturated heterocycles. The molecule has 0 spiro atoms. The summed E-state index contributed by atoms with van der Waals surface area (Å²) in [6.07, 6.45) is 1.62. The van der Waals surface area contributed by atoms with Crippen molar-refractivity contribution >= 4 is 23.6 Å². The number of carbonyl (C=O) groups excluding carboxylic acids is 2. The number of hydrogen-bond donors (Lipinski definition) is 3. The van der Waals surface area contributed by atoms with E-state index in [1.54, 1.807) is 18.3 Å². The van der Waals surface area contributed by atoms with E-state index in [4.69, 9.17) is 0 Å². The molecule has 132 valence electrons. The zero-order chi connectivity index (χ0) is 18.0. The molecule has 0 unspecified atom stereocenters. The number of amides is 2. The van der Waals surface area contributed by atoms with Gasteiger partial charge in [0.2, 0.25) is 11.8 Å². The Kier molecular flexibility index (Phi) is 4.80. The van der Waals surface area contributed by atoms with E-state index in [1.165, 1.54) is 23.9 Å². The van der Waals surface area contributed by atoms with Gasteiger partial charge in [-0.25, -0.2) is 4.39 Å². The molecular weight excluding hydrogens is 343 g/mol. The number of carbonyl (C=O) groups is 2. The third-order valence-corrected chi connectivity index (χ3v) is 5.49. The van der Waals surface area contributed by atoms with Crippen LogP contribution >= 0.6 is 11.8 Å². The number of hydrogen-bond acceptors (Lipinski definition) is 4. The summed E-state index contributed by atoms with van der Waals surface area (Å²) in [5.74, 6) is -0.158. The van der Waals surface area contributed by atoms with Gasteiger partial charge >= 0.3 is 0 Å². The average molecular weight is 362 g/mol. The Hall–Kier alpha value is -2.35. The van der Waals surface area contributed by atoms with Crippen molar-refractivity contribution in [3.63, 3.8) is 0 Å². The van der Waals surface area contributed by atoms with E-state index in [1.807, 2.05) is 13.8 Å². The van der Waals surface area contributed by atoms with Gasteiger partial charge in [-0.3, -0.25) is 14.7 Å². The lowest BCUT2D eigenvalue weighted by Crippen LogP contribution is -2.57. The molecule has 1 aromatic heterocycles. The second-order valence-corrected chi connectivity index (χ2v) is 7.98. The fraction of sp³-hybridized carbons (Fsp3) is 0.353. The minimum absolute atomic E-state index is 0.140. The number of benzene rings is 1. The monoisotopic (exact) mass is 362 g/mol. The van der Waals surface area contributed by atoms with Crippen molar-refractivity contribution in [3.8, 4) is 11.3 Å². The Labute approximate surface area is 149 Å². The van der Waals surface area contributed by atoms with Crippen molar-refractivity contribution in [3.05, 3.63) is 41.8 Å². The van der Waals surface area contributed by atoms with Gasteiger partial charge in [-0.2, -0.15) is 5.10 Å². The molecule has 1 aliphatic heterocycles. The predicted octanol–water partition coefficient (Wildman–Crippen LogP) is 1.84. The minimum Gasteiger partial charge on any atom is -0.350 e. The molecule has 25 heavy (non-hydrogen) atoms. The standard InChI is InChI=1S/C17H19FN4O2S/c1-17(2)16(24)21-13(9-25-17)15(23)19-7-11-8-20-22-14(11)10-3-5-12(18)6-4-10/h3-6,8,13H,7,9H2,1-2H3,(H,19,23)(H,20,22)(H,21,24)/t13-/m0/s1. The summed E-state index contributed by atoms with van der Waals surface area (Å²) >= 11 is 1.46. The lowest BCUT2D eigenvalue weighted by Gasteiger charge is -2.32. The first-order valence-corrected chi connectivity index (χ1v) is 8.86. The van der Waals surface area contributed by atoms with Crippen LogP contribution in [0.2, 0.25) is 0 Å². The van der Waals surface area contributed by atoms with Gasteiger partial charge in [0.25, 0.3) is 0 Å². The van der Waals surface area contributed by atoms with Crippen LogP contribution in [0.15, 0.2) is 30.5 Å². The summed E-state index contributed by atoms with van der Waals surface area (Å²) < 4.78 is 12.5. The molecule has 3 rings (SSSR count). The van der Waals surface area contributed by atoms with Crippen LogP contribution in [0.25, 0.3) is 11.3 Å². The second-order valence-electron chi connectivity index (χ2n) is 6.34. The van der Waals surface area contributed by atoms with Crippen molar-refractivity contribution in [1.29, 1.82) is 0 Å². The number of nitrogens with one attached hydrogen (secondary N) is 3. The van der Waals surface area contributed by atoms with Gasteiger partial charge in [0, 0.05) is 23.4 Å². The van der Waals surface area contributed by atoms with Gasteiger partial charge in [-0.05, 0) is 38.1 Å². The SMILES string of the molecule is CC1(C)SC[C@@H](C(=O)NCc2cn[nH]c2-c2ccc(F)cc2)NC1=O. The number of aromatic amines is 1. The van der Waals surface area contributed by atoms with Crippen molar-refractivity contribution in [2.45, 2.75) is 31.2 Å². The molecule has 8 heteroatoms. The number of H-pyrrole nitrogens is 1. The molecular formula is C17H19FN4O2S. The molecule has 2 aromatic rings. The van der Waals surface area contributed by atoms with Crippen LogP contribution in [0.5, 0.6) is 0 Å². The van der Waals surface area contributed by atoms with Crippen molar-refractivity contribution < 1.29 is 14.0 Å². The van der Waals surface area contributed by atoms with Crippen LogP contribution in [0.3, 0.4) is 0 Å². The summed E-state index contributed by atoms with van der Waals surface area (Å²) in [4.78, 5) is 24.3. The van der Waals surface area contributed by atoms with Crippen LogP contribution in [0, 0.1) is 5.82 Å². The van der Waals surface area contributed by atoms with E-state index in [9.17, 15) is 14.0 Å². The molecule has 0 radical (unpaired) electrons. The molecule has 6 nitrogen and oxygen atoms in total. The lowest BCUT2D eigenvalue weighted by atomic mass is 10.1. The molecule has 1 aromatic carbocycles. The van der Waals surface area contributed by atoms with E-state index in [-0.39, 0.29) is 24.2 Å². The summed E-state index contributed by atoms with van der Waals surface area (Å²) in [5.41, 5.74) is 2.30. The van der Waals surface area contributed by atoms with Crippen molar-refractivity contribution in [2.24, 2.45) is 0 Å². The van der Waals surface area contributed by atoms with Crippen LogP contribution in [-0.2, 0) is 16.1 Å². The summed E-state index contributed by atoms with van der Waals surface area (Å²) in [7, 11) is 0. The van der Waals surface area contributed by atoms with Crippen LogP contribution in [0.1, 0.15) is 19.4 Å². The van der Waals surface area contributed by atoms with Crippen LogP contribution in [-0.4, -0.2) is 38.6 Å². The topological polar surface area (TPSA) is 86.9 Å². The zero-order valence-electron chi connectivity index (χ0n) is 13.9. The van der Waals surface area contributed by atoms with Crippen LogP contribution in [0.4, 0.5) is 4.39 Å². The first-order chi connectivity index (χ1) is 11.9. The Morgan fingerprint density at radius 2 is 2.12 bits per heavy atom. The van der Waals surface area contributed by atoms with Crippen LogP contribution < -0.4 is 10.6 Å². The number of thioether (sulfide) groups is 1. The Morgan fingerprint density at radius 3 is 2.80 bits per heavy atom. The summed E-state index contributed by atoms with van der Waals surface area (Å²) in [6.45, 7) is 3.94. The van der Waals surface area contributed by atoms with Gasteiger partial charge < -0.3 is 10.6 Å². The van der Waals surface area contributed by atoms with E-state index in [0.29, 0.717) is 5.75 Å². The number of nitrogens with zero attached hydrogens (tertiary/aromatic N) is 1. The highest BCUT2D eigenvalue weighted by molar-refractivity contribution is 8.01. The Balaban J connectivity index is 1.63. The molecule has 0 bridgehead atoms. The average Bonchev–Trinajstić information content (AvgIpc) is 3.04. The summed E-state index contributed by atoms with van der Waals surface area (Å²) in [6, 6.07) is 5.49. The maximum Gasteiger partial charge on any atom is 0.243 e. The maximum atomic E-state index is 13.1. The Morgan fingerprint density at radius 1 is 1.40 bits per heavy atom. The van der Waals surface area contributed by atoms with Crippen molar-refractivity contribution in [1.82, 2.24) is 20.8 Å². The molecule has 3 N–H and O–H groups in total. The zero-order valence-corrected chi connectivity index (χ0v) is 14.7. The molecule has 0 saturated carbocycles. The molecule has 1 aliphatic rings. The Bertz CT molecular complexity index is 788. The first kappa shape index (κ1) is 17.5. The second kappa shape index (κ2) is 6.87. The molecule has 0 aliphatic carbocycles. The first-order valence-electron chi connectivity index (χ1n) is 7.87.